The van der Waals surface area contributed by atoms with Crippen molar-refractivity contribution in [3.8, 4) is 0 Å². The predicted molar refractivity (Wildman–Crippen MR) is 78.5 cm³/mol. The Labute approximate surface area is 126 Å². The Bertz CT molecular complexity index is 707. The minimum atomic E-state index is -1.07. The van der Waals surface area contributed by atoms with Gasteiger partial charge in [-0.1, -0.05) is 42.5 Å². The molecule has 1 aliphatic carbocycles. The van der Waals surface area contributed by atoms with Crippen LogP contribution in [0.2, 0.25) is 0 Å². The molecular formula is C18H14F2O2. The number of hydrogen-bond donors (Lipinski definition) is 1. The van der Waals surface area contributed by atoms with Crippen LogP contribution in [0.5, 0.6) is 0 Å². The summed E-state index contributed by atoms with van der Waals surface area (Å²) in [5, 5.41) is 8.78. The first-order valence-electron chi connectivity index (χ1n) is 6.97. The summed E-state index contributed by atoms with van der Waals surface area (Å²) in [6, 6.07) is 12.5. The largest absolute Gasteiger partial charge is 0.478 e. The van der Waals surface area contributed by atoms with Crippen molar-refractivity contribution in [3.63, 3.8) is 0 Å². The average Bonchev–Trinajstić information content (AvgIpc) is 3.21. The van der Waals surface area contributed by atoms with Gasteiger partial charge >= 0.3 is 5.97 Å². The Kier molecular flexibility index (Phi) is 3.53. The summed E-state index contributed by atoms with van der Waals surface area (Å²) in [6.07, 6.45) is 3.04. The molecule has 0 spiro atoms. The molecule has 0 heterocycles. The monoisotopic (exact) mass is 300 g/mol. The topological polar surface area (TPSA) is 37.3 Å². The molecule has 22 heavy (non-hydrogen) atoms. The van der Waals surface area contributed by atoms with Crippen LogP contribution in [0.1, 0.15) is 17.5 Å². The molecule has 1 N–H and O–H groups in total. The molecule has 2 aromatic carbocycles. The lowest BCUT2D eigenvalue weighted by molar-refractivity contribution is -0.131. The summed E-state index contributed by atoms with van der Waals surface area (Å²) in [5.41, 5.74) is -0.0249. The van der Waals surface area contributed by atoms with Gasteiger partial charge in [0, 0.05) is 11.5 Å². The van der Waals surface area contributed by atoms with E-state index in [4.69, 9.17) is 5.11 Å². The van der Waals surface area contributed by atoms with Crippen LogP contribution >= 0.6 is 0 Å². The lowest BCUT2D eigenvalue weighted by atomic mass is 9.85. The maximum atomic E-state index is 14.3. The zero-order valence-electron chi connectivity index (χ0n) is 11.7. The Morgan fingerprint density at radius 2 is 1.55 bits per heavy atom. The van der Waals surface area contributed by atoms with Crippen molar-refractivity contribution in [1.29, 1.82) is 0 Å². The van der Waals surface area contributed by atoms with Crippen LogP contribution in [0, 0.1) is 17.6 Å². The van der Waals surface area contributed by atoms with E-state index in [0.29, 0.717) is 17.5 Å². The molecule has 3 rings (SSSR count). The number of benzene rings is 2. The van der Waals surface area contributed by atoms with E-state index in [9.17, 15) is 13.6 Å². The van der Waals surface area contributed by atoms with E-state index in [0.717, 1.165) is 6.08 Å². The van der Waals surface area contributed by atoms with E-state index in [1.807, 2.05) is 0 Å². The molecule has 0 radical (unpaired) electrons. The summed E-state index contributed by atoms with van der Waals surface area (Å²) in [4.78, 5) is 10.7. The molecule has 1 atom stereocenters. The van der Waals surface area contributed by atoms with Crippen molar-refractivity contribution in [2.45, 2.75) is 11.8 Å². The van der Waals surface area contributed by atoms with Crippen molar-refractivity contribution in [2.75, 3.05) is 0 Å². The fourth-order valence-electron chi connectivity index (χ4n) is 3.13. The molecule has 1 fully saturated rings. The van der Waals surface area contributed by atoms with Crippen molar-refractivity contribution in [2.24, 2.45) is 5.92 Å². The highest BCUT2D eigenvalue weighted by Gasteiger charge is 2.57. The van der Waals surface area contributed by atoms with Gasteiger partial charge in [0.05, 0.1) is 0 Å². The Morgan fingerprint density at radius 1 is 1.05 bits per heavy atom. The van der Waals surface area contributed by atoms with E-state index in [2.05, 4.69) is 0 Å². The zero-order valence-corrected chi connectivity index (χ0v) is 11.7. The number of carboxylic acids is 1. The number of aliphatic carboxylic acids is 1. The summed E-state index contributed by atoms with van der Waals surface area (Å²) in [7, 11) is 0. The first kappa shape index (κ1) is 14.4. The fraction of sp³-hybridized carbons (Fsp3) is 0.167. The van der Waals surface area contributed by atoms with Crippen LogP contribution in [-0.4, -0.2) is 11.1 Å². The third kappa shape index (κ3) is 2.30. The summed E-state index contributed by atoms with van der Waals surface area (Å²) < 4.78 is 28.5. The van der Waals surface area contributed by atoms with Crippen molar-refractivity contribution >= 4 is 5.97 Å². The van der Waals surface area contributed by atoms with Crippen LogP contribution in [0.3, 0.4) is 0 Å². The lowest BCUT2D eigenvalue weighted by Gasteiger charge is -2.19. The number of carboxylic acid groups (broad SMARTS) is 1. The van der Waals surface area contributed by atoms with Gasteiger partial charge in [-0.3, -0.25) is 0 Å². The van der Waals surface area contributed by atoms with Crippen molar-refractivity contribution < 1.29 is 18.7 Å². The van der Waals surface area contributed by atoms with Gasteiger partial charge in [0.15, 0.2) is 0 Å². The number of allylic oxidation sites excluding steroid dienone is 1. The highest BCUT2D eigenvalue weighted by Crippen LogP contribution is 2.60. The molecule has 0 bridgehead atoms. The maximum absolute atomic E-state index is 14.3. The van der Waals surface area contributed by atoms with Gasteiger partial charge in [-0.05, 0) is 35.6 Å². The molecule has 2 aromatic rings. The van der Waals surface area contributed by atoms with E-state index >= 15 is 0 Å². The van der Waals surface area contributed by atoms with Crippen LogP contribution in [0.4, 0.5) is 8.78 Å². The van der Waals surface area contributed by atoms with E-state index in [1.54, 1.807) is 36.4 Å². The van der Waals surface area contributed by atoms with Gasteiger partial charge in [0.2, 0.25) is 0 Å². The number of rotatable bonds is 4. The normalized spacial score (nSPS) is 19.3. The third-order valence-electron chi connectivity index (χ3n) is 4.19. The molecule has 4 heteroatoms. The highest BCUT2D eigenvalue weighted by molar-refractivity contribution is 5.80. The maximum Gasteiger partial charge on any atom is 0.327 e. The number of halogens is 2. The second-order valence-electron chi connectivity index (χ2n) is 5.44. The van der Waals surface area contributed by atoms with Crippen LogP contribution < -0.4 is 0 Å². The molecule has 0 aliphatic heterocycles. The number of hydrogen-bond acceptors (Lipinski definition) is 1. The Morgan fingerprint density at radius 3 is 2.00 bits per heavy atom. The lowest BCUT2D eigenvalue weighted by Crippen LogP contribution is -2.16. The van der Waals surface area contributed by atoms with Crippen molar-refractivity contribution in [3.05, 3.63) is 83.4 Å². The zero-order chi connectivity index (χ0) is 15.7. The van der Waals surface area contributed by atoms with E-state index < -0.39 is 23.0 Å². The van der Waals surface area contributed by atoms with Crippen LogP contribution in [0.15, 0.2) is 60.7 Å². The predicted octanol–water partition coefficient (Wildman–Crippen LogP) is 3.91. The van der Waals surface area contributed by atoms with E-state index in [-0.39, 0.29) is 5.92 Å². The number of carbonyl (C=O) groups is 1. The quantitative estimate of drug-likeness (QED) is 0.869. The first-order valence-corrected chi connectivity index (χ1v) is 6.97. The van der Waals surface area contributed by atoms with Gasteiger partial charge in [-0.2, -0.15) is 0 Å². The average molecular weight is 300 g/mol. The van der Waals surface area contributed by atoms with Gasteiger partial charge in [-0.15, -0.1) is 0 Å². The molecule has 0 aromatic heterocycles. The van der Waals surface area contributed by atoms with Gasteiger partial charge in [0.25, 0.3) is 0 Å². The van der Waals surface area contributed by atoms with Gasteiger partial charge in [-0.25, -0.2) is 13.6 Å². The molecule has 1 aliphatic rings. The minimum absolute atomic E-state index is 0.239. The second kappa shape index (κ2) is 5.37. The smallest absolute Gasteiger partial charge is 0.327 e. The molecule has 2 nitrogen and oxygen atoms in total. The van der Waals surface area contributed by atoms with Crippen LogP contribution in [0.25, 0.3) is 0 Å². The van der Waals surface area contributed by atoms with Crippen LogP contribution in [-0.2, 0) is 10.2 Å². The summed E-state index contributed by atoms with van der Waals surface area (Å²) >= 11 is 0. The molecular weight excluding hydrogens is 286 g/mol. The molecule has 112 valence electrons. The van der Waals surface area contributed by atoms with Gasteiger partial charge in [0.1, 0.15) is 11.6 Å². The van der Waals surface area contributed by atoms with E-state index in [1.165, 1.54) is 18.2 Å². The molecule has 0 saturated heterocycles. The first-order chi connectivity index (χ1) is 10.6. The molecule has 0 unspecified atom stereocenters. The summed E-state index contributed by atoms with van der Waals surface area (Å²) in [6.45, 7) is 0. The van der Waals surface area contributed by atoms with Gasteiger partial charge < -0.3 is 5.11 Å². The Hall–Kier alpha value is -2.49. The minimum Gasteiger partial charge on any atom is -0.478 e. The molecule has 0 amide bonds. The SMILES string of the molecule is O=C(O)C=C[C@H]1CC1(c1ccccc1F)c1ccccc1F. The van der Waals surface area contributed by atoms with Crippen molar-refractivity contribution in [1.82, 2.24) is 0 Å². The standard InChI is InChI=1S/C18H14F2O2/c19-15-7-3-1-5-13(15)18(11-12(18)9-10-17(21)22)14-6-2-4-8-16(14)20/h1-10,12H,11H2,(H,21,22)/t12-/m0/s1. The molecule has 1 saturated carbocycles. The third-order valence-corrected chi connectivity index (χ3v) is 4.19. The Balaban J connectivity index is 2.12. The second-order valence-corrected chi connectivity index (χ2v) is 5.44. The summed E-state index contributed by atoms with van der Waals surface area (Å²) in [5.74, 6) is -2.12. The fourth-order valence-corrected chi connectivity index (χ4v) is 3.13. The highest BCUT2D eigenvalue weighted by atomic mass is 19.1.